The molecule has 0 bridgehead atoms. The summed E-state index contributed by atoms with van der Waals surface area (Å²) in [6.45, 7) is 7.86. The van der Waals surface area contributed by atoms with E-state index in [-0.39, 0.29) is 23.1 Å². The summed E-state index contributed by atoms with van der Waals surface area (Å²) in [7, 11) is 0. The molecule has 4 nitrogen and oxygen atoms in total. The number of benzene rings is 2. The second kappa shape index (κ2) is 11.1. The van der Waals surface area contributed by atoms with Crippen molar-refractivity contribution in [2.24, 2.45) is 0 Å². The maximum Gasteiger partial charge on any atom is 0.242 e. The largest absolute Gasteiger partial charge is 0.350 e. The third-order valence-corrected chi connectivity index (χ3v) is 5.79. The summed E-state index contributed by atoms with van der Waals surface area (Å²) < 4.78 is 0. The molecule has 0 aromatic heterocycles. The summed E-state index contributed by atoms with van der Waals surface area (Å²) in [6.07, 6.45) is 0. The van der Waals surface area contributed by atoms with Gasteiger partial charge in [0.15, 0.2) is 0 Å². The van der Waals surface area contributed by atoms with Crippen molar-refractivity contribution in [2.75, 3.05) is 5.75 Å². The van der Waals surface area contributed by atoms with Crippen LogP contribution in [0.25, 0.3) is 0 Å². The molecular weight excluding hydrogens is 439 g/mol. The van der Waals surface area contributed by atoms with Crippen molar-refractivity contribution in [2.45, 2.75) is 51.6 Å². The van der Waals surface area contributed by atoms with Crippen LogP contribution in [0.3, 0.4) is 0 Å². The van der Waals surface area contributed by atoms with E-state index in [9.17, 15) is 9.59 Å². The van der Waals surface area contributed by atoms with Crippen molar-refractivity contribution in [3.05, 3.63) is 69.7 Å². The minimum atomic E-state index is -0.598. The Morgan fingerprint density at radius 2 is 1.70 bits per heavy atom. The first-order valence-electron chi connectivity index (χ1n) is 9.73. The van der Waals surface area contributed by atoms with E-state index < -0.39 is 6.04 Å². The van der Waals surface area contributed by atoms with Gasteiger partial charge in [-0.05, 0) is 63.1 Å². The van der Waals surface area contributed by atoms with E-state index >= 15 is 0 Å². The molecule has 2 aromatic carbocycles. The number of hydrogen-bond donors (Lipinski definition) is 1. The molecule has 1 atom stereocenters. The molecule has 2 aromatic rings. The molecule has 0 saturated heterocycles. The molecule has 0 aliphatic carbocycles. The maximum absolute atomic E-state index is 13.1. The summed E-state index contributed by atoms with van der Waals surface area (Å²) in [5, 5.41) is 4.27. The van der Waals surface area contributed by atoms with Gasteiger partial charge in [0.2, 0.25) is 11.8 Å². The molecule has 30 heavy (non-hydrogen) atoms. The number of nitrogens with zero attached hydrogens (tertiary/aromatic N) is 1. The van der Waals surface area contributed by atoms with Gasteiger partial charge in [-0.15, -0.1) is 11.8 Å². The van der Waals surface area contributed by atoms with E-state index in [4.69, 9.17) is 23.2 Å². The van der Waals surface area contributed by atoms with Gasteiger partial charge in [-0.2, -0.15) is 0 Å². The lowest BCUT2D eigenvalue weighted by Crippen LogP contribution is -2.52. The van der Waals surface area contributed by atoms with Crippen LogP contribution in [-0.4, -0.2) is 34.0 Å². The summed E-state index contributed by atoms with van der Waals surface area (Å²) in [4.78, 5) is 27.4. The first kappa shape index (κ1) is 24.6. The Labute approximate surface area is 193 Å². The number of nitrogens with one attached hydrogen (secondary N) is 1. The van der Waals surface area contributed by atoms with Gasteiger partial charge in [-0.25, -0.2) is 0 Å². The van der Waals surface area contributed by atoms with Gasteiger partial charge in [0.05, 0.1) is 5.75 Å². The number of thioether (sulfide) groups is 1. The summed E-state index contributed by atoms with van der Waals surface area (Å²) >= 11 is 13.5. The number of halogens is 2. The molecule has 0 fully saturated rings. The third kappa shape index (κ3) is 8.21. The molecule has 2 rings (SSSR count). The van der Waals surface area contributed by atoms with Crippen molar-refractivity contribution in [3.63, 3.8) is 0 Å². The zero-order chi connectivity index (χ0) is 22.3. The average molecular weight is 467 g/mol. The highest BCUT2D eigenvalue weighted by atomic mass is 35.5. The monoisotopic (exact) mass is 466 g/mol. The number of carbonyl (C=O) groups excluding carboxylic acids is 2. The van der Waals surface area contributed by atoms with Crippen molar-refractivity contribution >= 4 is 46.8 Å². The lowest BCUT2D eigenvalue weighted by molar-refractivity contribution is -0.139. The lowest BCUT2D eigenvalue weighted by atomic mass is 10.1. The smallest absolute Gasteiger partial charge is 0.242 e. The second-order valence-corrected chi connectivity index (χ2v) is 10.0. The van der Waals surface area contributed by atoms with Crippen LogP contribution in [-0.2, 0) is 21.9 Å². The van der Waals surface area contributed by atoms with Gasteiger partial charge in [0, 0.05) is 27.9 Å². The van der Waals surface area contributed by atoms with Crippen molar-refractivity contribution < 1.29 is 9.59 Å². The zero-order valence-electron chi connectivity index (χ0n) is 17.7. The Morgan fingerprint density at radius 3 is 2.30 bits per heavy atom. The Kier molecular flexibility index (Phi) is 9.08. The fourth-order valence-electron chi connectivity index (χ4n) is 2.81. The van der Waals surface area contributed by atoms with E-state index in [1.54, 1.807) is 24.0 Å². The second-order valence-electron chi connectivity index (χ2n) is 8.19. The van der Waals surface area contributed by atoms with E-state index in [1.165, 1.54) is 11.8 Å². The highest BCUT2D eigenvalue weighted by Crippen LogP contribution is 2.19. The van der Waals surface area contributed by atoms with Crippen LogP contribution in [0.1, 0.15) is 38.8 Å². The predicted octanol–water partition coefficient (Wildman–Crippen LogP) is 5.56. The fourth-order valence-corrected chi connectivity index (χ4v) is 4.01. The topological polar surface area (TPSA) is 49.4 Å². The molecule has 162 valence electrons. The van der Waals surface area contributed by atoms with E-state index in [2.05, 4.69) is 5.32 Å². The first-order valence-corrected chi connectivity index (χ1v) is 11.6. The number of carbonyl (C=O) groups is 2. The summed E-state index contributed by atoms with van der Waals surface area (Å²) in [5.41, 5.74) is 1.60. The highest BCUT2D eigenvalue weighted by Gasteiger charge is 2.28. The molecule has 0 aliphatic heterocycles. The number of rotatable bonds is 8. The third-order valence-electron chi connectivity index (χ3n) is 4.31. The zero-order valence-corrected chi connectivity index (χ0v) is 20.1. The standard InChI is InChI=1S/C23H28Cl2N2O2S/c1-16(22(29)26-23(2,3)4)27(13-17-8-10-19(24)11-9-17)21(28)15-30-14-18-6-5-7-20(25)12-18/h5-12,16H,13-15H2,1-4H3,(H,26,29)/t16-/m0/s1. The molecular formula is C23H28Cl2N2O2S. The molecule has 0 unspecified atom stereocenters. The van der Waals surface area contributed by atoms with Gasteiger partial charge in [0.25, 0.3) is 0 Å². The van der Waals surface area contributed by atoms with Crippen LogP contribution in [0, 0.1) is 0 Å². The van der Waals surface area contributed by atoms with E-state index in [0.717, 1.165) is 11.1 Å². The minimum Gasteiger partial charge on any atom is -0.350 e. The quantitative estimate of drug-likeness (QED) is 0.553. The Balaban J connectivity index is 2.09. The Bertz CT molecular complexity index is 866. The predicted molar refractivity (Wildman–Crippen MR) is 127 cm³/mol. The van der Waals surface area contributed by atoms with Crippen LogP contribution in [0.5, 0.6) is 0 Å². The van der Waals surface area contributed by atoms with Gasteiger partial charge < -0.3 is 10.2 Å². The minimum absolute atomic E-state index is 0.0893. The first-order chi connectivity index (χ1) is 14.0. The Hall–Kier alpha value is -1.69. The van der Waals surface area contributed by atoms with Crippen LogP contribution < -0.4 is 5.32 Å². The van der Waals surface area contributed by atoms with Gasteiger partial charge in [-0.1, -0.05) is 47.5 Å². The molecule has 0 radical (unpaired) electrons. The lowest BCUT2D eigenvalue weighted by Gasteiger charge is -2.31. The van der Waals surface area contributed by atoms with Crippen LogP contribution in [0.15, 0.2) is 48.5 Å². The SMILES string of the molecule is C[C@@H](C(=O)NC(C)(C)C)N(Cc1ccc(Cl)cc1)C(=O)CSCc1cccc(Cl)c1. The molecule has 0 spiro atoms. The van der Waals surface area contributed by atoms with Gasteiger partial charge in [0.1, 0.15) is 6.04 Å². The highest BCUT2D eigenvalue weighted by molar-refractivity contribution is 7.99. The van der Waals surface area contributed by atoms with E-state index in [0.29, 0.717) is 22.3 Å². The summed E-state index contributed by atoms with van der Waals surface area (Å²) in [5.74, 6) is 0.676. The van der Waals surface area contributed by atoms with Crippen molar-refractivity contribution in [1.82, 2.24) is 10.2 Å². The fraction of sp³-hybridized carbons (Fsp3) is 0.391. The molecule has 0 saturated carbocycles. The van der Waals surface area contributed by atoms with Crippen LogP contribution >= 0.6 is 35.0 Å². The summed E-state index contributed by atoms with van der Waals surface area (Å²) in [6, 6.07) is 14.3. The molecule has 1 N–H and O–H groups in total. The van der Waals surface area contributed by atoms with Crippen LogP contribution in [0.4, 0.5) is 0 Å². The molecule has 0 heterocycles. The van der Waals surface area contributed by atoms with Crippen molar-refractivity contribution in [3.8, 4) is 0 Å². The molecule has 0 aliphatic rings. The maximum atomic E-state index is 13.1. The molecule has 7 heteroatoms. The number of amides is 2. The Morgan fingerprint density at radius 1 is 1.03 bits per heavy atom. The number of hydrogen-bond acceptors (Lipinski definition) is 3. The van der Waals surface area contributed by atoms with Crippen LogP contribution in [0.2, 0.25) is 10.0 Å². The average Bonchev–Trinajstić information content (AvgIpc) is 2.65. The van der Waals surface area contributed by atoms with Crippen molar-refractivity contribution in [1.29, 1.82) is 0 Å². The van der Waals surface area contributed by atoms with Gasteiger partial charge >= 0.3 is 0 Å². The molecule has 2 amide bonds. The van der Waals surface area contributed by atoms with Gasteiger partial charge in [-0.3, -0.25) is 9.59 Å². The normalized spacial score (nSPS) is 12.3. The van der Waals surface area contributed by atoms with E-state index in [1.807, 2.05) is 57.2 Å².